The molecule has 104 valence electrons. The van der Waals surface area contributed by atoms with Crippen molar-refractivity contribution in [2.24, 2.45) is 5.92 Å². The van der Waals surface area contributed by atoms with Gasteiger partial charge in [-0.05, 0) is 51.4 Å². The summed E-state index contributed by atoms with van der Waals surface area (Å²) in [5.74, 6) is 0.852. The fourth-order valence-corrected chi connectivity index (χ4v) is 5.14. The van der Waals surface area contributed by atoms with Crippen LogP contribution in [-0.4, -0.2) is 40.1 Å². The molecule has 18 heavy (non-hydrogen) atoms. The van der Waals surface area contributed by atoms with Crippen molar-refractivity contribution in [2.75, 3.05) is 0 Å². The zero-order valence-electron chi connectivity index (χ0n) is 12.6. The van der Waals surface area contributed by atoms with Crippen LogP contribution in [0.15, 0.2) is 0 Å². The minimum atomic E-state index is 0.776. The van der Waals surface area contributed by atoms with Gasteiger partial charge in [-0.1, -0.05) is 20.8 Å². The highest BCUT2D eigenvalue weighted by atomic mass is 15.5. The summed E-state index contributed by atoms with van der Waals surface area (Å²) < 4.78 is 0. The molecule has 3 saturated heterocycles. The normalized spacial score (nSPS) is 49.3. The molecule has 0 aromatic heterocycles. The molecule has 0 saturated carbocycles. The minimum absolute atomic E-state index is 0.776. The molecule has 0 radical (unpaired) electrons. The molecule has 0 bridgehead atoms. The number of hydrogen-bond donors (Lipinski definition) is 0. The van der Waals surface area contributed by atoms with Crippen molar-refractivity contribution >= 4 is 0 Å². The molecule has 0 N–H and O–H groups in total. The molecular formula is C16H30N2. The molecule has 3 fully saturated rings. The zero-order chi connectivity index (χ0) is 12.9. The second-order valence-corrected chi connectivity index (χ2v) is 6.82. The summed E-state index contributed by atoms with van der Waals surface area (Å²) in [6.45, 7) is 9.74. The van der Waals surface area contributed by atoms with Crippen molar-refractivity contribution < 1.29 is 0 Å². The molecule has 0 aliphatic carbocycles. The van der Waals surface area contributed by atoms with Crippen molar-refractivity contribution in [3.8, 4) is 0 Å². The number of nitrogens with zero attached hydrogens (tertiary/aromatic N) is 2. The third kappa shape index (κ3) is 1.68. The van der Waals surface area contributed by atoms with E-state index in [0.717, 1.165) is 36.3 Å². The Morgan fingerprint density at radius 2 is 1.44 bits per heavy atom. The molecule has 0 amide bonds. The SMILES string of the molecule is CC[C@H]1CC[C@@H]2N1[C@H](C)[C@H](C)[C@@H]1CC[C@H](CC)N21. The van der Waals surface area contributed by atoms with Crippen molar-refractivity contribution in [3.05, 3.63) is 0 Å². The van der Waals surface area contributed by atoms with Crippen LogP contribution in [0.25, 0.3) is 0 Å². The topological polar surface area (TPSA) is 6.48 Å². The Morgan fingerprint density at radius 3 is 2.11 bits per heavy atom. The van der Waals surface area contributed by atoms with E-state index in [1.54, 1.807) is 0 Å². The maximum atomic E-state index is 2.93. The second kappa shape index (κ2) is 4.79. The fraction of sp³-hybridized carbons (Fsp3) is 1.00. The molecule has 3 heterocycles. The van der Waals surface area contributed by atoms with Crippen LogP contribution in [0.2, 0.25) is 0 Å². The smallest absolute Gasteiger partial charge is 0.0632 e. The summed E-state index contributed by atoms with van der Waals surface area (Å²) in [6, 6.07) is 3.39. The first-order valence-corrected chi connectivity index (χ1v) is 8.23. The van der Waals surface area contributed by atoms with Crippen LogP contribution in [0.1, 0.15) is 66.2 Å². The predicted octanol–water partition coefficient (Wildman–Crippen LogP) is 3.47. The molecule has 0 aromatic carbocycles. The largest absolute Gasteiger partial charge is 0.282 e. The summed E-state index contributed by atoms with van der Waals surface area (Å²) in [5, 5.41) is 0. The van der Waals surface area contributed by atoms with E-state index in [1.165, 1.54) is 38.5 Å². The van der Waals surface area contributed by atoms with E-state index >= 15 is 0 Å². The average Bonchev–Trinajstić information content (AvgIpc) is 2.98. The standard InChI is InChI=1S/C16H30N2/c1-5-13-8-10-16-17(13)12(4)11(3)15-9-7-14(6-2)18(15)16/h11-16H,5-10H2,1-4H3/t11-,12+,13-,14-,15-,16+/m0/s1. The molecule has 0 unspecified atom stereocenters. The van der Waals surface area contributed by atoms with Crippen LogP contribution < -0.4 is 0 Å². The number of rotatable bonds is 2. The first-order chi connectivity index (χ1) is 8.69. The van der Waals surface area contributed by atoms with Gasteiger partial charge in [0.1, 0.15) is 0 Å². The van der Waals surface area contributed by atoms with E-state index in [2.05, 4.69) is 37.5 Å². The van der Waals surface area contributed by atoms with Gasteiger partial charge in [0.15, 0.2) is 0 Å². The monoisotopic (exact) mass is 250 g/mol. The van der Waals surface area contributed by atoms with Crippen LogP contribution in [0, 0.1) is 5.92 Å². The Hall–Kier alpha value is -0.0800. The molecule has 2 nitrogen and oxygen atoms in total. The van der Waals surface area contributed by atoms with E-state index < -0.39 is 0 Å². The maximum absolute atomic E-state index is 2.93. The lowest BCUT2D eigenvalue weighted by atomic mass is 9.88. The average molecular weight is 250 g/mol. The van der Waals surface area contributed by atoms with Gasteiger partial charge in [-0.25, -0.2) is 0 Å². The molecular weight excluding hydrogens is 220 g/mol. The maximum Gasteiger partial charge on any atom is 0.0632 e. The Kier molecular flexibility index (Phi) is 3.44. The van der Waals surface area contributed by atoms with Crippen molar-refractivity contribution in [1.82, 2.24) is 9.80 Å². The molecule has 3 aliphatic heterocycles. The minimum Gasteiger partial charge on any atom is -0.282 e. The van der Waals surface area contributed by atoms with Crippen molar-refractivity contribution in [1.29, 1.82) is 0 Å². The van der Waals surface area contributed by atoms with Crippen LogP contribution in [0.5, 0.6) is 0 Å². The fourth-order valence-electron chi connectivity index (χ4n) is 5.14. The summed E-state index contributed by atoms with van der Waals surface area (Å²) in [4.78, 5) is 5.81. The quantitative estimate of drug-likeness (QED) is 0.740. The van der Waals surface area contributed by atoms with Gasteiger partial charge in [0.05, 0.1) is 6.17 Å². The Labute approximate surface area is 113 Å². The third-order valence-corrected chi connectivity index (χ3v) is 6.25. The van der Waals surface area contributed by atoms with Crippen molar-refractivity contribution in [3.63, 3.8) is 0 Å². The van der Waals surface area contributed by atoms with Crippen LogP contribution in [0.4, 0.5) is 0 Å². The lowest BCUT2D eigenvalue weighted by Gasteiger charge is -2.53. The second-order valence-electron chi connectivity index (χ2n) is 6.82. The van der Waals surface area contributed by atoms with Gasteiger partial charge in [0.2, 0.25) is 0 Å². The van der Waals surface area contributed by atoms with Gasteiger partial charge in [-0.15, -0.1) is 0 Å². The van der Waals surface area contributed by atoms with Gasteiger partial charge < -0.3 is 0 Å². The van der Waals surface area contributed by atoms with Gasteiger partial charge in [-0.2, -0.15) is 0 Å². The van der Waals surface area contributed by atoms with Crippen LogP contribution >= 0.6 is 0 Å². The lowest BCUT2D eigenvalue weighted by molar-refractivity contribution is -0.0854. The summed E-state index contributed by atoms with van der Waals surface area (Å²) in [7, 11) is 0. The van der Waals surface area contributed by atoms with Crippen LogP contribution in [-0.2, 0) is 0 Å². The zero-order valence-corrected chi connectivity index (χ0v) is 12.6. The molecule has 3 rings (SSSR count). The highest BCUT2D eigenvalue weighted by molar-refractivity contribution is 5.05. The Bertz CT molecular complexity index is 303. The Morgan fingerprint density at radius 1 is 0.833 bits per heavy atom. The predicted molar refractivity (Wildman–Crippen MR) is 76.5 cm³/mol. The Balaban J connectivity index is 1.89. The van der Waals surface area contributed by atoms with Crippen LogP contribution in [0.3, 0.4) is 0 Å². The van der Waals surface area contributed by atoms with Gasteiger partial charge in [-0.3, -0.25) is 9.80 Å². The van der Waals surface area contributed by atoms with E-state index in [4.69, 9.17) is 0 Å². The molecule has 2 heteroatoms. The molecule has 0 spiro atoms. The summed E-state index contributed by atoms with van der Waals surface area (Å²) in [6.07, 6.45) is 9.20. The highest BCUT2D eigenvalue weighted by Gasteiger charge is 2.52. The third-order valence-electron chi connectivity index (χ3n) is 6.25. The molecule has 6 atom stereocenters. The van der Waals surface area contributed by atoms with E-state index in [0.29, 0.717) is 0 Å². The molecule has 3 aliphatic rings. The lowest BCUT2D eigenvalue weighted by Crippen LogP contribution is -2.63. The highest BCUT2D eigenvalue weighted by Crippen LogP contribution is 2.45. The number of fused-ring (bicyclic) bond motifs is 3. The van der Waals surface area contributed by atoms with E-state index in [1.807, 2.05) is 0 Å². The summed E-state index contributed by atoms with van der Waals surface area (Å²) in [5.41, 5.74) is 0. The number of hydrogen-bond acceptors (Lipinski definition) is 2. The van der Waals surface area contributed by atoms with E-state index in [9.17, 15) is 0 Å². The van der Waals surface area contributed by atoms with Crippen molar-refractivity contribution in [2.45, 2.75) is 96.6 Å². The molecule has 0 aromatic rings. The van der Waals surface area contributed by atoms with Gasteiger partial charge in [0, 0.05) is 24.2 Å². The first kappa shape index (κ1) is 12.9. The van der Waals surface area contributed by atoms with Gasteiger partial charge >= 0.3 is 0 Å². The van der Waals surface area contributed by atoms with E-state index in [-0.39, 0.29) is 0 Å². The van der Waals surface area contributed by atoms with Gasteiger partial charge in [0.25, 0.3) is 0 Å². The first-order valence-electron chi connectivity index (χ1n) is 8.23. The summed E-state index contributed by atoms with van der Waals surface area (Å²) >= 11 is 0.